The minimum Gasteiger partial charge on any atom is -0.396 e. The van der Waals surface area contributed by atoms with E-state index in [1.54, 1.807) is 11.1 Å². The topological polar surface area (TPSA) is 46.5 Å². The van der Waals surface area contributed by atoms with Gasteiger partial charge in [0.2, 0.25) is 0 Å². The predicted octanol–water partition coefficient (Wildman–Crippen LogP) is 11.2. The summed E-state index contributed by atoms with van der Waals surface area (Å²) in [6.45, 7) is 21.7. The van der Waals surface area contributed by atoms with Crippen molar-refractivity contribution in [3.05, 3.63) is 46.5 Å². The highest BCUT2D eigenvalue weighted by Crippen LogP contribution is 2.71. The second-order valence-corrected chi connectivity index (χ2v) is 21.2. The summed E-state index contributed by atoms with van der Waals surface area (Å²) in [5.74, 6) is 5.93. The van der Waals surface area contributed by atoms with Crippen LogP contribution in [0.3, 0.4) is 0 Å². The number of ketones is 1. The van der Waals surface area contributed by atoms with Crippen LogP contribution in [0.1, 0.15) is 155 Å². The van der Waals surface area contributed by atoms with Crippen molar-refractivity contribution < 1.29 is 14.6 Å². The number of carbonyl (C=O) groups is 1. The zero-order chi connectivity index (χ0) is 36.1. The zero-order valence-corrected chi connectivity index (χ0v) is 33.8. The van der Waals surface area contributed by atoms with Gasteiger partial charge in [0.05, 0.1) is 6.10 Å². The molecule has 282 valence electrons. The maximum atomic E-state index is 12.4. The highest BCUT2D eigenvalue weighted by molar-refractivity contribution is 5.91. The second kappa shape index (κ2) is 12.8. The molecule has 7 aliphatic rings. The van der Waals surface area contributed by atoms with E-state index >= 15 is 0 Å². The molecule has 0 spiro atoms. The van der Waals surface area contributed by atoms with Crippen LogP contribution in [0.4, 0.5) is 0 Å². The molecule has 1 aromatic carbocycles. The van der Waals surface area contributed by atoms with Crippen LogP contribution in [0.15, 0.2) is 29.8 Å². The Labute approximate surface area is 311 Å². The van der Waals surface area contributed by atoms with Crippen LogP contribution in [0.25, 0.3) is 0 Å². The Morgan fingerprint density at radius 1 is 0.784 bits per heavy atom. The average molecular weight is 697 g/mol. The van der Waals surface area contributed by atoms with E-state index in [4.69, 9.17) is 4.74 Å². The quantitative estimate of drug-likeness (QED) is 0.289. The summed E-state index contributed by atoms with van der Waals surface area (Å²) in [6, 6.07) is 7.33. The minimum absolute atomic E-state index is 0.203. The van der Waals surface area contributed by atoms with Crippen LogP contribution in [0, 0.1) is 75.9 Å². The molecule has 5 saturated carbocycles. The van der Waals surface area contributed by atoms with Gasteiger partial charge in [0.15, 0.2) is 5.78 Å². The lowest BCUT2D eigenvalue weighted by Gasteiger charge is -2.66. The van der Waals surface area contributed by atoms with Gasteiger partial charge in [-0.1, -0.05) is 77.8 Å². The number of hydrogen-bond donors (Lipinski definition) is 1. The van der Waals surface area contributed by atoms with E-state index in [2.05, 4.69) is 79.7 Å². The monoisotopic (exact) mass is 697 g/mol. The molecule has 1 unspecified atom stereocenters. The largest absolute Gasteiger partial charge is 0.396 e. The first-order valence-corrected chi connectivity index (χ1v) is 21.7. The van der Waals surface area contributed by atoms with Gasteiger partial charge in [0.25, 0.3) is 0 Å². The number of allylic oxidation sites excluding steroid dienone is 1. The smallest absolute Gasteiger partial charge is 0.155 e. The molecule has 51 heavy (non-hydrogen) atoms. The summed E-state index contributed by atoms with van der Waals surface area (Å²) in [5.41, 5.74) is 7.65. The van der Waals surface area contributed by atoms with Crippen LogP contribution < -0.4 is 0 Å². The molecule has 7 aliphatic carbocycles. The average Bonchev–Trinajstić information content (AvgIpc) is 3.44. The van der Waals surface area contributed by atoms with Crippen molar-refractivity contribution in [2.45, 2.75) is 163 Å². The maximum Gasteiger partial charge on any atom is 0.155 e. The summed E-state index contributed by atoms with van der Waals surface area (Å²) in [6.07, 6.45) is 20.5. The number of carbonyl (C=O) groups excluding carboxylic acids is 1. The molecule has 1 aromatic rings. The molecule has 8 rings (SSSR count). The lowest BCUT2D eigenvalue weighted by atomic mass is 9.38. The second-order valence-electron chi connectivity index (χ2n) is 21.2. The summed E-state index contributed by atoms with van der Waals surface area (Å²) in [4.78, 5) is 12.4. The van der Waals surface area contributed by atoms with Crippen molar-refractivity contribution in [3.8, 4) is 0 Å². The molecule has 0 bridgehead atoms. The number of ether oxygens (including phenoxy) is 1. The Morgan fingerprint density at radius 2 is 1.57 bits per heavy atom. The van der Waals surface area contributed by atoms with Crippen molar-refractivity contribution in [3.63, 3.8) is 0 Å². The lowest BCUT2D eigenvalue weighted by Crippen LogP contribution is -2.61. The minimum atomic E-state index is 0.203. The lowest BCUT2D eigenvalue weighted by molar-refractivity contribution is -0.180. The van der Waals surface area contributed by atoms with Crippen LogP contribution in [-0.2, 0) is 21.4 Å². The van der Waals surface area contributed by atoms with Gasteiger partial charge in [0, 0.05) is 19.6 Å². The van der Waals surface area contributed by atoms with E-state index in [0.29, 0.717) is 46.9 Å². The zero-order valence-electron chi connectivity index (χ0n) is 33.8. The van der Waals surface area contributed by atoms with Gasteiger partial charge in [-0.2, -0.15) is 0 Å². The van der Waals surface area contributed by atoms with Gasteiger partial charge >= 0.3 is 0 Å². The highest BCUT2D eigenvalue weighted by Gasteiger charge is 2.64. The van der Waals surface area contributed by atoms with Crippen LogP contribution in [-0.4, -0.2) is 30.2 Å². The Bertz CT molecular complexity index is 1540. The first kappa shape index (κ1) is 36.5. The molecular weight excluding hydrogens is 625 g/mol. The van der Waals surface area contributed by atoms with Gasteiger partial charge in [-0.25, -0.2) is 0 Å². The fourth-order valence-electron chi connectivity index (χ4n) is 16.5. The van der Waals surface area contributed by atoms with E-state index in [0.717, 1.165) is 49.4 Å². The Morgan fingerprint density at radius 3 is 2.35 bits per heavy atom. The van der Waals surface area contributed by atoms with Gasteiger partial charge < -0.3 is 9.84 Å². The summed E-state index contributed by atoms with van der Waals surface area (Å²) < 4.78 is 7.16. The number of fused-ring (bicyclic) bond motifs is 10. The fraction of sp³-hybridized carbons (Fsp3) is 0.812. The Kier molecular flexibility index (Phi) is 9.18. The molecule has 13 atom stereocenters. The summed E-state index contributed by atoms with van der Waals surface area (Å²) >= 11 is 0. The van der Waals surface area contributed by atoms with Crippen molar-refractivity contribution in [2.75, 3.05) is 13.2 Å². The molecule has 3 heteroatoms. The number of aryl methyl sites for hydroxylation is 2. The van der Waals surface area contributed by atoms with Crippen molar-refractivity contribution in [2.24, 2.45) is 69.0 Å². The van der Waals surface area contributed by atoms with Gasteiger partial charge in [-0.3, -0.25) is 4.79 Å². The molecule has 0 amide bonds. The highest BCUT2D eigenvalue weighted by atomic mass is 16.5. The molecule has 0 radical (unpaired) electrons. The standard InChI is InChI=1S/C48H72O3/c1-30-10-11-32-12-17-42-47(7,40(32)28-30)25-21-41-44(3,4)39(20-24-48(41,42)8)43(51-27-9-26-49)31(2)36-15-16-37-35-14-13-33-29-34(50)18-22-45(33,5)38(35)19-23-46(36,37)6/h10-11,28-29,31,35-39,41-43,49H,9,12-27H2,1-8H3/t31-,35-,36+,37-,38-,39-,41+,42+,43?,45-,46+,47+,48+/m0/s1. The molecule has 5 fully saturated rings. The SMILES string of the molecule is Cc1ccc2c(c1)[C@@]1(C)CC[C@@H]3C(C)(C)[C@H](C(OCCCO)[C@@H](C)[C@H]4CC[C@H]5[C@@H]6CCC7=CC(=O)CC[C@]7(C)[C@H]6CC[C@]45C)CC[C@@]3(C)[C@@H]1CC2. The number of rotatable bonds is 7. The molecule has 0 aromatic heterocycles. The first-order chi connectivity index (χ1) is 24.2. The number of aliphatic hydroxyl groups is 1. The molecule has 3 nitrogen and oxygen atoms in total. The number of benzene rings is 1. The first-order valence-electron chi connectivity index (χ1n) is 21.7. The molecule has 0 saturated heterocycles. The maximum absolute atomic E-state index is 12.4. The van der Waals surface area contributed by atoms with Crippen LogP contribution >= 0.6 is 0 Å². The van der Waals surface area contributed by atoms with Gasteiger partial charge in [0.1, 0.15) is 0 Å². The summed E-state index contributed by atoms with van der Waals surface area (Å²) in [5, 5.41) is 9.87. The number of aliphatic hydroxyl groups excluding tert-OH is 1. The predicted molar refractivity (Wildman–Crippen MR) is 208 cm³/mol. The molecule has 0 heterocycles. The van der Waals surface area contributed by atoms with Gasteiger partial charge in [-0.05, 0) is 188 Å². The summed E-state index contributed by atoms with van der Waals surface area (Å²) in [7, 11) is 0. The van der Waals surface area contributed by atoms with E-state index < -0.39 is 0 Å². The molecule has 1 N–H and O–H groups in total. The Hall–Kier alpha value is -1.45. The fourth-order valence-corrected chi connectivity index (χ4v) is 16.5. The number of hydrogen-bond acceptors (Lipinski definition) is 3. The van der Waals surface area contributed by atoms with E-state index in [1.165, 1.54) is 81.8 Å². The van der Waals surface area contributed by atoms with Crippen LogP contribution in [0.2, 0.25) is 0 Å². The third-order valence-corrected chi connectivity index (χ3v) is 18.9. The van der Waals surface area contributed by atoms with E-state index in [9.17, 15) is 9.90 Å². The normalized spacial score (nSPS) is 45.2. The van der Waals surface area contributed by atoms with Gasteiger partial charge in [-0.15, -0.1) is 0 Å². The van der Waals surface area contributed by atoms with Crippen molar-refractivity contribution >= 4 is 5.78 Å². The van der Waals surface area contributed by atoms with Crippen molar-refractivity contribution in [1.29, 1.82) is 0 Å². The van der Waals surface area contributed by atoms with Crippen molar-refractivity contribution in [1.82, 2.24) is 0 Å². The Balaban J connectivity index is 1.06. The third-order valence-electron chi connectivity index (χ3n) is 18.9. The van der Waals surface area contributed by atoms with E-state index in [1.807, 2.05) is 0 Å². The molecular formula is C48H72O3. The van der Waals surface area contributed by atoms with Crippen LogP contribution in [0.5, 0.6) is 0 Å². The van der Waals surface area contributed by atoms with E-state index in [-0.39, 0.29) is 29.0 Å². The third kappa shape index (κ3) is 5.40. The molecule has 0 aliphatic heterocycles.